The van der Waals surface area contributed by atoms with E-state index < -0.39 is 10.0 Å². The molecule has 1 unspecified atom stereocenters. The molecule has 1 rings (SSSR count). The third-order valence-corrected chi connectivity index (χ3v) is 3.76. The maximum atomic E-state index is 11.8. The monoisotopic (exact) mass is 245 g/mol. The van der Waals surface area contributed by atoms with Crippen molar-refractivity contribution in [2.75, 3.05) is 0 Å². The van der Waals surface area contributed by atoms with Crippen LogP contribution in [0.2, 0.25) is 0 Å². The van der Waals surface area contributed by atoms with Gasteiger partial charge >= 0.3 is 0 Å². The molecule has 0 aromatic carbocycles. The SMILES string of the molecule is CC(C)C(C)NS(=O)(=O)c1ccc(C=O)o1. The Balaban J connectivity index is 2.90. The van der Waals surface area contributed by atoms with Crippen molar-refractivity contribution in [2.45, 2.75) is 31.9 Å². The summed E-state index contributed by atoms with van der Waals surface area (Å²) >= 11 is 0. The lowest BCUT2D eigenvalue weighted by Gasteiger charge is -2.16. The van der Waals surface area contributed by atoms with E-state index in [0.29, 0.717) is 6.29 Å². The number of carbonyl (C=O) groups excluding carboxylic acids is 1. The molecule has 1 atom stereocenters. The Morgan fingerprint density at radius 2 is 1.94 bits per heavy atom. The van der Waals surface area contributed by atoms with Gasteiger partial charge in [-0.05, 0) is 25.0 Å². The zero-order chi connectivity index (χ0) is 12.3. The van der Waals surface area contributed by atoms with Gasteiger partial charge in [-0.25, -0.2) is 13.1 Å². The molecule has 0 spiro atoms. The number of hydrogen-bond donors (Lipinski definition) is 1. The summed E-state index contributed by atoms with van der Waals surface area (Å²) in [5.74, 6) is 0.174. The highest BCUT2D eigenvalue weighted by Crippen LogP contribution is 2.14. The summed E-state index contributed by atoms with van der Waals surface area (Å²) < 4.78 is 30.8. The largest absolute Gasteiger partial charge is 0.440 e. The second-order valence-corrected chi connectivity index (χ2v) is 5.57. The standard InChI is InChI=1S/C10H15NO4S/c1-7(2)8(3)11-16(13,14)10-5-4-9(6-12)15-10/h4-8,11H,1-3H3. The van der Waals surface area contributed by atoms with Crippen LogP contribution in [0.4, 0.5) is 0 Å². The average Bonchev–Trinajstić information content (AvgIpc) is 2.65. The van der Waals surface area contributed by atoms with Gasteiger partial charge in [0.15, 0.2) is 12.0 Å². The van der Waals surface area contributed by atoms with Crippen LogP contribution in [0, 0.1) is 5.92 Å². The van der Waals surface area contributed by atoms with E-state index in [-0.39, 0.29) is 22.8 Å². The minimum absolute atomic E-state index is 0.00225. The molecule has 6 heteroatoms. The first-order valence-electron chi connectivity index (χ1n) is 4.94. The molecule has 0 saturated carbocycles. The van der Waals surface area contributed by atoms with Crippen LogP contribution >= 0.6 is 0 Å². The molecule has 0 fully saturated rings. The van der Waals surface area contributed by atoms with Crippen molar-refractivity contribution in [2.24, 2.45) is 5.92 Å². The quantitative estimate of drug-likeness (QED) is 0.796. The van der Waals surface area contributed by atoms with Crippen LogP contribution < -0.4 is 4.72 Å². The summed E-state index contributed by atoms with van der Waals surface area (Å²) in [7, 11) is -3.67. The molecule has 5 nitrogen and oxygen atoms in total. The topological polar surface area (TPSA) is 76.4 Å². The van der Waals surface area contributed by atoms with Gasteiger partial charge in [-0.15, -0.1) is 0 Å². The number of carbonyl (C=O) groups is 1. The van der Waals surface area contributed by atoms with Crippen LogP contribution in [0.15, 0.2) is 21.6 Å². The Kier molecular flexibility index (Phi) is 3.88. The first-order valence-corrected chi connectivity index (χ1v) is 6.42. The van der Waals surface area contributed by atoms with E-state index >= 15 is 0 Å². The number of aldehydes is 1. The van der Waals surface area contributed by atoms with E-state index in [2.05, 4.69) is 4.72 Å². The molecule has 0 radical (unpaired) electrons. The van der Waals surface area contributed by atoms with Gasteiger partial charge in [0.25, 0.3) is 10.0 Å². The number of sulfonamides is 1. The molecular formula is C10H15NO4S. The molecule has 1 aromatic heterocycles. The Morgan fingerprint density at radius 1 is 1.31 bits per heavy atom. The van der Waals surface area contributed by atoms with Gasteiger partial charge in [-0.3, -0.25) is 4.79 Å². The van der Waals surface area contributed by atoms with Crippen LogP contribution in [-0.2, 0) is 10.0 Å². The summed E-state index contributed by atoms with van der Waals surface area (Å²) in [6.45, 7) is 5.59. The molecule has 90 valence electrons. The van der Waals surface area contributed by atoms with Crippen molar-refractivity contribution in [3.63, 3.8) is 0 Å². The molecule has 0 amide bonds. The predicted molar refractivity (Wildman–Crippen MR) is 58.7 cm³/mol. The molecule has 0 aliphatic rings. The van der Waals surface area contributed by atoms with E-state index in [0.717, 1.165) is 0 Å². The zero-order valence-electron chi connectivity index (χ0n) is 9.43. The number of nitrogens with one attached hydrogen (secondary N) is 1. The summed E-state index contributed by atoms with van der Waals surface area (Å²) in [6, 6.07) is 2.38. The smallest absolute Gasteiger partial charge is 0.274 e. The van der Waals surface area contributed by atoms with Crippen LogP contribution in [0.1, 0.15) is 31.3 Å². The van der Waals surface area contributed by atoms with Crippen molar-refractivity contribution in [1.29, 1.82) is 0 Å². The normalized spacial score (nSPS) is 14.0. The summed E-state index contributed by atoms with van der Waals surface area (Å²) in [6.07, 6.45) is 0.463. The van der Waals surface area contributed by atoms with E-state index in [1.807, 2.05) is 13.8 Å². The maximum Gasteiger partial charge on any atom is 0.274 e. The molecule has 1 aromatic rings. The minimum atomic E-state index is -3.67. The third kappa shape index (κ3) is 2.93. The lowest BCUT2D eigenvalue weighted by Crippen LogP contribution is -2.35. The third-order valence-electron chi connectivity index (χ3n) is 2.32. The molecule has 1 heterocycles. The second-order valence-electron chi connectivity index (χ2n) is 3.93. The molecule has 0 saturated heterocycles. The Hall–Kier alpha value is -1.14. The van der Waals surface area contributed by atoms with Crippen molar-refractivity contribution < 1.29 is 17.6 Å². The molecule has 1 N–H and O–H groups in total. The number of hydrogen-bond acceptors (Lipinski definition) is 4. The van der Waals surface area contributed by atoms with E-state index in [1.165, 1.54) is 12.1 Å². The Bertz CT molecular complexity index is 461. The first kappa shape index (κ1) is 12.9. The summed E-state index contributed by atoms with van der Waals surface area (Å²) in [5.41, 5.74) is 0. The van der Waals surface area contributed by atoms with Gasteiger partial charge in [0.2, 0.25) is 5.09 Å². The van der Waals surface area contributed by atoms with Crippen LogP contribution in [0.3, 0.4) is 0 Å². The molecule has 0 aliphatic heterocycles. The zero-order valence-corrected chi connectivity index (χ0v) is 10.2. The first-order chi connectivity index (χ1) is 7.36. The lowest BCUT2D eigenvalue weighted by molar-refractivity contribution is 0.109. The van der Waals surface area contributed by atoms with Crippen molar-refractivity contribution in [3.05, 3.63) is 17.9 Å². The lowest BCUT2D eigenvalue weighted by atomic mass is 10.1. The molecule has 0 bridgehead atoms. The van der Waals surface area contributed by atoms with Gasteiger partial charge in [0.05, 0.1) is 0 Å². The maximum absolute atomic E-state index is 11.8. The van der Waals surface area contributed by atoms with Gasteiger partial charge in [-0.1, -0.05) is 13.8 Å². The van der Waals surface area contributed by atoms with E-state index in [1.54, 1.807) is 6.92 Å². The summed E-state index contributed by atoms with van der Waals surface area (Å²) in [4.78, 5) is 10.4. The van der Waals surface area contributed by atoms with Gasteiger partial charge in [-0.2, -0.15) is 0 Å². The van der Waals surface area contributed by atoms with Crippen LogP contribution in [0.5, 0.6) is 0 Å². The van der Waals surface area contributed by atoms with Crippen LogP contribution in [-0.4, -0.2) is 20.7 Å². The second kappa shape index (κ2) is 4.80. The molecular weight excluding hydrogens is 230 g/mol. The molecule has 0 aliphatic carbocycles. The average molecular weight is 245 g/mol. The highest BCUT2D eigenvalue weighted by atomic mass is 32.2. The van der Waals surface area contributed by atoms with Crippen molar-refractivity contribution in [3.8, 4) is 0 Å². The highest BCUT2D eigenvalue weighted by molar-refractivity contribution is 7.89. The Labute approximate surface area is 94.9 Å². The summed E-state index contributed by atoms with van der Waals surface area (Å²) in [5, 5.41) is -0.234. The highest BCUT2D eigenvalue weighted by Gasteiger charge is 2.22. The van der Waals surface area contributed by atoms with Gasteiger partial charge < -0.3 is 4.42 Å². The van der Waals surface area contributed by atoms with Crippen molar-refractivity contribution in [1.82, 2.24) is 4.72 Å². The fourth-order valence-electron chi connectivity index (χ4n) is 0.981. The van der Waals surface area contributed by atoms with Gasteiger partial charge in [0, 0.05) is 6.04 Å². The van der Waals surface area contributed by atoms with Gasteiger partial charge in [0.1, 0.15) is 0 Å². The fourth-order valence-corrected chi connectivity index (χ4v) is 2.31. The number of rotatable bonds is 5. The predicted octanol–water partition coefficient (Wildman–Crippen LogP) is 1.41. The van der Waals surface area contributed by atoms with Crippen LogP contribution in [0.25, 0.3) is 0 Å². The van der Waals surface area contributed by atoms with E-state index in [9.17, 15) is 13.2 Å². The fraction of sp³-hybridized carbons (Fsp3) is 0.500. The van der Waals surface area contributed by atoms with Crippen molar-refractivity contribution >= 4 is 16.3 Å². The molecule has 16 heavy (non-hydrogen) atoms. The van der Waals surface area contributed by atoms with E-state index in [4.69, 9.17) is 4.42 Å². The Morgan fingerprint density at radius 3 is 2.38 bits per heavy atom. The minimum Gasteiger partial charge on any atom is -0.440 e. The number of furan rings is 1.